The summed E-state index contributed by atoms with van der Waals surface area (Å²) in [6, 6.07) is 8.44. The number of carbonyl (C=O) groups is 1. The number of hydrogen-bond donors (Lipinski definition) is 2. The lowest BCUT2D eigenvalue weighted by molar-refractivity contribution is 0.0694. The minimum Gasteiger partial charge on any atom is -0.478 e. The third-order valence-electron chi connectivity index (χ3n) is 2.62. The van der Waals surface area contributed by atoms with Crippen LogP contribution in [0.25, 0.3) is 0 Å². The molecule has 98 valence electrons. The summed E-state index contributed by atoms with van der Waals surface area (Å²) in [7, 11) is 0. The minimum absolute atomic E-state index is 0.0382. The van der Waals surface area contributed by atoms with Crippen molar-refractivity contribution in [2.45, 2.75) is 6.92 Å². The van der Waals surface area contributed by atoms with Crippen molar-refractivity contribution in [2.24, 2.45) is 0 Å². The monoisotopic (exact) mass is 261 g/mol. The van der Waals surface area contributed by atoms with Gasteiger partial charge in [-0.25, -0.2) is 9.18 Å². The number of nitrogen functional groups attached to an aromatic ring is 1. The molecule has 0 aliphatic heterocycles. The highest BCUT2D eigenvalue weighted by molar-refractivity contribution is 5.93. The minimum atomic E-state index is -1.14. The maximum absolute atomic E-state index is 13.0. The SMILES string of the molecule is Cc1cc(F)ccc1Oc1c(N)cccc1C(=O)O. The first-order chi connectivity index (χ1) is 8.99. The summed E-state index contributed by atoms with van der Waals surface area (Å²) in [5, 5.41) is 9.09. The molecule has 19 heavy (non-hydrogen) atoms. The molecule has 0 heterocycles. The van der Waals surface area contributed by atoms with Crippen LogP contribution in [0.15, 0.2) is 36.4 Å². The number of aryl methyl sites for hydroxylation is 1. The van der Waals surface area contributed by atoms with Gasteiger partial charge in [-0.2, -0.15) is 0 Å². The second kappa shape index (κ2) is 4.97. The lowest BCUT2D eigenvalue weighted by atomic mass is 10.1. The number of carboxylic acids is 1. The van der Waals surface area contributed by atoms with Gasteiger partial charge in [0.05, 0.1) is 5.69 Å². The van der Waals surface area contributed by atoms with E-state index in [0.717, 1.165) is 0 Å². The van der Waals surface area contributed by atoms with Gasteiger partial charge in [-0.05, 0) is 42.8 Å². The molecule has 0 atom stereocenters. The number of anilines is 1. The fraction of sp³-hybridized carbons (Fsp3) is 0.0714. The van der Waals surface area contributed by atoms with Gasteiger partial charge in [-0.1, -0.05) is 6.07 Å². The molecule has 5 heteroatoms. The van der Waals surface area contributed by atoms with Gasteiger partial charge in [0.2, 0.25) is 0 Å². The number of hydrogen-bond acceptors (Lipinski definition) is 3. The maximum atomic E-state index is 13.0. The largest absolute Gasteiger partial charge is 0.478 e. The molecule has 0 radical (unpaired) electrons. The Hall–Kier alpha value is -2.56. The summed E-state index contributed by atoms with van der Waals surface area (Å²) < 4.78 is 18.5. The van der Waals surface area contributed by atoms with E-state index < -0.39 is 5.97 Å². The molecule has 0 bridgehead atoms. The molecule has 2 aromatic rings. The van der Waals surface area contributed by atoms with E-state index >= 15 is 0 Å². The Morgan fingerprint density at radius 2 is 2.05 bits per heavy atom. The molecule has 0 saturated carbocycles. The van der Waals surface area contributed by atoms with E-state index in [1.165, 1.54) is 30.3 Å². The molecule has 2 aromatic carbocycles. The van der Waals surface area contributed by atoms with Crippen molar-refractivity contribution in [1.82, 2.24) is 0 Å². The topological polar surface area (TPSA) is 72.5 Å². The van der Waals surface area contributed by atoms with Crippen molar-refractivity contribution in [3.05, 3.63) is 53.3 Å². The molecule has 3 N–H and O–H groups in total. The molecule has 0 unspecified atom stereocenters. The van der Waals surface area contributed by atoms with Gasteiger partial charge in [0, 0.05) is 0 Å². The van der Waals surface area contributed by atoms with E-state index in [-0.39, 0.29) is 22.8 Å². The second-order valence-corrected chi connectivity index (χ2v) is 4.04. The number of aromatic carboxylic acids is 1. The van der Waals surface area contributed by atoms with Crippen molar-refractivity contribution in [2.75, 3.05) is 5.73 Å². The average molecular weight is 261 g/mol. The lowest BCUT2D eigenvalue weighted by Crippen LogP contribution is -2.03. The highest BCUT2D eigenvalue weighted by atomic mass is 19.1. The maximum Gasteiger partial charge on any atom is 0.339 e. The summed E-state index contributed by atoms with van der Waals surface area (Å²) in [5.41, 5.74) is 6.45. The molecule has 0 amide bonds. The van der Waals surface area contributed by atoms with Gasteiger partial charge in [-0.3, -0.25) is 0 Å². The van der Waals surface area contributed by atoms with Gasteiger partial charge in [0.25, 0.3) is 0 Å². The van der Waals surface area contributed by atoms with E-state index in [4.69, 9.17) is 15.6 Å². The molecule has 0 aromatic heterocycles. The number of nitrogens with two attached hydrogens (primary N) is 1. The van der Waals surface area contributed by atoms with Crippen LogP contribution in [-0.2, 0) is 0 Å². The van der Waals surface area contributed by atoms with Crippen molar-refractivity contribution in [3.8, 4) is 11.5 Å². The summed E-state index contributed by atoms with van der Waals surface area (Å²) in [5.74, 6) is -1.10. The zero-order chi connectivity index (χ0) is 14.0. The Kier molecular flexibility index (Phi) is 3.37. The van der Waals surface area contributed by atoms with Crippen molar-refractivity contribution in [3.63, 3.8) is 0 Å². The van der Waals surface area contributed by atoms with E-state index in [1.807, 2.05) is 0 Å². The number of rotatable bonds is 3. The van der Waals surface area contributed by atoms with Gasteiger partial charge >= 0.3 is 5.97 Å². The standard InChI is InChI=1S/C14H12FNO3/c1-8-7-9(15)5-6-12(8)19-13-10(14(17)18)3-2-4-11(13)16/h2-7H,16H2,1H3,(H,17,18). The summed E-state index contributed by atoms with van der Waals surface area (Å²) in [4.78, 5) is 11.1. The Balaban J connectivity index is 2.46. The third kappa shape index (κ3) is 2.65. The van der Waals surface area contributed by atoms with Crippen molar-refractivity contribution >= 4 is 11.7 Å². The number of para-hydroxylation sites is 1. The number of halogens is 1. The fourth-order valence-corrected chi connectivity index (χ4v) is 1.67. The smallest absolute Gasteiger partial charge is 0.339 e. The number of carboxylic acid groups (broad SMARTS) is 1. The lowest BCUT2D eigenvalue weighted by Gasteiger charge is -2.13. The van der Waals surface area contributed by atoms with Gasteiger partial charge < -0.3 is 15.6 Å². The van der Waals surface area contributed by atoms with E-state index in [1.54, 1.807) is 13.0 Å². The fourth-order valence-electron chi connectivity index (χ4n) is 1.67. The quantitative estimate of drug-likeness (QED) is 0.832. The Morgan fingerprint density at radius 3 is 2.68 bits per heavy atom. The highest BCUT2D eigenvalue weighted by Gasteiger charge is 2.15. The molecule has 0 fully saturated rings. The first-order valence-electron chi connectivity index (χ1n) is 5.55. The molecule has 0 spiro atoms. The van der Waals surface area contributed by atoms with Gasteiger partial charge in [0.15, 0.2) is 5.75 Å². The van der Waals surface area contributed by atoms with Crippen LogP contribution in [-0.4, -0.2) is 11.1 Å². The van der Waals surface area contributed by atoms with Crippen LogP contribution in [0.3, 0.4) is 0 Å². The molecule has 0 aliphatic carbocycles. The van der Waals surface area contributed by atoms with E-state index in [2.05, 4.69) is 0 Å². The Bertz CT molecular complexity index is 641. The van der Waals surface area contributed by atoms with Crippen LogP contribution in [0.2, 0.25) is 0 Å². The second-order valence-electron chi connectivity index (χ2n) is 4.04. The van der Waals surface area contributed by atoms with E-state index in [9.17, 15) is 9.18 Å². The molecular weight excluding hydrogens is 249 g/mol. The normalized spacial score (nSPS) is 10.2. The van der Waals surface area contributed by atoms with Crippen molar-refractivity contribution in [1.29, 1.82) is 0 Å². The predicted molar refractivity (Wildman–Crippen MR) is 69.0 cm³/mol. The Morgan fingerprint density at radius 1 is 1.32 bits per heavy atom. The summed E-state index contributed by atoms with van der Waals surface area (Å²) >= 11 is 0. The van der Waals surface area contributed by atoms with E-state index in [0.29, 0.717) is 11.3 Å². The zero-order valence-electron chi connectivity index (χ0n) is 10.2. The van der Waals surface area contributed by atoms with Crippen LogP contribution in [0, 0.1) is 12.7 Å². The summed E-state index contributed by atoms with van der Waals surface area (Å²) in [6.07, 6.45) is 0. The summed E-state index contributed by atoms with van der Waals surface area (Å²) in [6.45, 7) is 1.66. The van der Waals surface area contributed by atoms with Crippen LogP contribution < -0.4 is 10.5 Å². The van der Waals surface area contributed by atoms with Crippen LogP contribution in [0.4, 0.5) is 10.1 Å². The van der Waals surface area contributed by atoms with Crippen LogP contribution in [0.5, 0.6) is 11.5 Å². The van der Waals surface area contributed by atoms with Crippen molar-refractivity contribution < 1.29 is 19.0 Å². The first kappa shape index (κ1) is 12.9. The molecule has 4 nitrogen and oxygen atoms in total. The molecule has 0 saturated heterocycles. The number of benzene rings is 2. The Labute approximate surface area is 109 Å². The zero-order valence-corrected chi connectivity index (χ0v) is 10.2. The van der Waals surface area contributed by atoms with Crippen LogP contribution in [0.1, 0.15) is 15.9 Å². The molecule has 0 aliphatic rings. The highest BCUT2D eigenvalue weighted by Crippen LogP contribution is 2.33. The molecule has 2 rings (SSSR count). The average Bonchev–Trinajstić information content (AvgIpc) is 2.34. The predicted octanol–water partition coefficient (Wildman–Crippen LogP) is 3.21. The number of ether oxygens (including phenoxy) is 1. The molecular formula is C14H12FNO3. The first-order valence-corrected chi connectivity index (χ1v) is 5.55. The third-order valence-corrected chi connectivity index (χ3v) is 2.62. The van der Waals surface area contributed by atoms with Gasteiger partial charge in [0.1, 0.15) is 17.1 Å². The van der Waals surface area contributed by atoms with Gasteiger partial charge in [-0.15, -0.1) is 0 Å². The van der Waals surface area contributed by atoms with Crippen LogP contribution >= 0.6 is 0 Å².